The van der Waals surface area contributed by atoms with Crippen molar-refractivity contribution in [2.45, 2.75) is 115 Å². The third kappa shape index (κ3) is 4.53. The zero-order valence-corrected chi connectivity index (χ0v) is 26.7. The van der Waals surface area contributed by atoms with Crippen molar-refractivity contribution in [1.29, 1.82) is 0 Å². The number of pyridine rings is 1. The number of H-pyrrole nitrogens is 1. The van der Waals surface area contributed by atoms with Crippen LogP contribution in [-0.2, 0) is 16.1 Å². The van der Waals surface area contributed by atoms with E-state index in [0.29, 0.717) is 18.9 Å². The van der Waals surface area contributed by atoms with Gasteiger partial charge in [0.15, 0.2) is 0 Å². The number of aromatic amines is 1. The molecule has 0 radical (unpaired) electrons. The van der Waals surface area contributed by atoms with E-state index in [-0.39, 0.29) is 28.7 Å². The predicted molar refractivity (Wildman–Crippen MR) is 173 cm³/mol. The lowest BCUT2D eigenvalue weighted by atomic mass is 9.53. The van der Waals surface area contributed by atoms with Crippen molar-refractivity contribution in [2.75, 3.05) is 0 Å². The molecule has 2 N–H and O–H groups in total. The second-order valence-electron chi connectivity index (χ2n) is 16.1. The van der Waals surface area contributed by atoms with Crippen LogP contribution in [0.1, 0.15) is 107 Å². The summed E-state index contributed by atoms with van der Waals surface area (Å²) in [7, 11) is 0. The minimum absolute atomic E-state index is 0.00958. The summed E-state index contributed by atoms with van der Waals surface area (Å²) in [6.45, 7) is 7.23. The highest BCUT2D eigenvalue weighted by Gasteiger charge is 2.61. The first kappa shape index (κ1) is 28.3. The van der Waals surface area contributed by atoms with Crippen LogP contribution in [0.5, 0.6) is 0 Å². The molecule has 6 fully saturated rings. The Morgan fingerprint density at radius 3 is 2.32 bits per heavy atom. The van der Waals surface area contributed by atoms with Crippen molar-refractivity contribution in [3.8, 4) is 0 Å². The Kier molecular flexibility index (Phi) is 6.56. The first-order chi connectivity index (χ1) is 21.2. The van der Waals surface area contributed by atoms with Crippen molar-refractivity contribution in [2.24, 2.45) is 29.1 Å². The summed E-state index contributed by atoms with van der Waals surface area (Å²) in [6.07, 6.45) is 15.0. The summed E-state index contributed by atoms with van der Waals surface area (Å²) < 4.78 is 0. The van der Waals surface area contributed by atoms with Crippen molar-refractivity contribution >= 4 is 22.7 Å². The molecule has 4 bridgehead atoms. The molecule has 44 heavy (non-hydrogen) atoms. The van der Waals surface area contributed by atoms with Gasteiger partial charge in [-0.3, -0.25) is 14.6 Å². The maximum Gasteiger partial charge on any atom is 0.246 e. The number of nitrogens with zero attached hydrogens (tertiary/aromatic N) is 2. The molecule has 2 amide bonds. The monoisotopic (exact) mass is 592 g/mol. The summed E-state index contributed by atoms with van der Waals surface area (Å²) >= 11 is 0. The zero-order chi connectivity index (χ0) is 30.3. The van der Waals surface area contributed by atoms with Crippen LogP contribution in [0.25, 0.3) is 10.9 Å². The minimum atomic E-state index is -0.790. The Bertz CT molecular complexity index is 1550. The second-order valence-corrected chi connectivity index (χ2v) is 16.1. The van der Waals surface area contributed by atoms with E-state index in [1.165, 1.54) is 35.9 Å². The highest BCUT2D eigenvalue weighted by atomic mass is 16.2. The van der Waals surface area contributed by atoms with Gasteiger partial charge in [0.05, 0.1) is 0 Å². The van der Waals surface area contributed by atoms with Crippen LogP contribution in [0.4, 0.5) is 0 Å². The van der Waals surface area contributed by atoms with Gasteiger partial charge in [0.2, 0.25) is 11.8 Å². The zero-order valence-electron chi connectivity index (χ0n) is 26.7. The van der Waals surface area contributed by atoms with Gasteiger partial charge in [-0.25, -0.2) is 0 Å². The number of carbonyl (C=O) groups excluding carboxylic acids is 2. The van der Waals surface area contributed by atoms with E-state index in [1.54, 1.807) is 6.20 Å². The molecule has 1 aromatic carbocycles. The molecule has 9 rings (SSSR count). The molecule has 2 heterocycles. The van der Waals surface area contributed by atoms with Gasteiger partial charge in [0.25, 0.3) is 0 Å². The number of benzene rings is 1. The standard InChI is InChI=1S/C38H48N4O2/c1-24-33(29-10-4-5-11-31(29)40-24)34-30(36(34,2)3)18-32(43)42(23-25-9-8-14-39-22-25)38(12-6-7-13-38)35(44)41-37-19-26-15-27(20-37)17-28(16-26)21-37/h4-5,8-11,14,22,26-28,30,34,40H,6-7,12-13,15-21,23H2,1-3H3,(H,41,44). The smallest absolute Gasteiger partial charge is 0.246 e. The van der Waals surface area contributed by atoms with Gasteiger partial charge in [-0.05, 0) is 117 Å². The first-order valence-electron chi connectivity index (χ1n) is 17.3. The highest BCUT2D eigenvalue weighted by Crippen LogP contribution is 2.67. The van der Waals surface area contributed by atoms with Crippen LogP contribution in [0.15, 0.2) is 48.8 Å². The van der Waals surface area contributed by atoms with Gasteiger partial charge in [-0.1, -0.05) is 51.0 Å². The van der Waals surface area contributed by atoms with E-state index in [0.717, 1.165) is 73.8 Å². The fourth-order valence-electron chi connectivity index (χ4n) is 11.0. The molecule has 6 nitrogen and oxygen atoms in total. The summed E-state index contributed by atoms with van der Waals surface area (Å²) in [5.41, 5.74) is 3.87. The van der Waals surface area contributed by atoms with Gasteiger partial charge in [-0.2, -0.15) is 0 Å². The van der Waals surface area contributed by atoms with Gasteiger partial charge in [0.1, 0.15) is 5.54 Å². The fourth-order valence-corrected chi connectivity index (χ4v) is 11.0. The van der Waals surface area contributed by atoms with Crippen LogP contribution in [0.3, 0.4) is 0 Å². The van der Waals surface area contributed by atoms with Gasteiger partial charge in [0, 0.05) is 47.5 Å². The molecular weight excluding hydrogens is 544 g/mol. The molecule has 232 valence electrons. The van der Waals surface area contributed by atoms with Crippen LogP contribution in [-0.4, -0.2) is 37.8 Å². The molecule has 0 saturated heterocycles. The number of nitrogens with one attached hydrogen (secondary N) is 2. The molecule has 2 atom stereocenters. The SMILES string of the molecule is Cc1[nH]c2ccccc2c1C1C(CC(=O)N(Cc2cccnc2)C2(C(=O)NC34CC5CC(CC(C5)C3)C4)CCCC2)C1(C)C. The van der Waals surface area contributed by atoms with E-state index >= 15 is 0 Å². The number of carbonyl (C=O) groups is 2. The Labute approximate surface area is 261 Å². The van der Waals surface area contributed by atoms with Crippen LogP contribution < -0.4 is 5.32 Å². The lowest BCUT2D eigenvalue weighted by molar-refractivity contribution is -0.152. The molecule has 3 aromatic rings. The average Bonchev–Trinajstić information content (AvgIpc) is 3.33. The largest absolute Gasteiger partial charge is 0.358 e. The number of aryl methyl sites for hydroxylation is 1. The van der Waals surface area contributed by atoms with Crippen molar-refractivity contribution in [3.05, 3.63) is 65.6 Å². The maximum atomic E-state index is 14.7. The van der Waals surface area contributed by atoms with Crippen molar-refractivity contribution in [3.63, 3.8) is 0 Å². The molecule has 0 spiro atoms. The number of amides is 2. The van der Waals surface area contributed by atoms with Crippen molar-refractivity contribution < 1.29 is 9.59 Å². The van der Waals surface area contributed by atoms with Gasteiger partial charge in [-0.15, -0.1) is 0 Å². The highest BCUT2D eigenvalue weighted by molar-refractivity contribution is 5.93. The second kappa shape index (κ2) is 10.2. The molecule has 2 unspecified atom stereocenters. The summed E-state index contributed by atoms with van der Waals surface area (Å²) in [4.78, 5) is 39.4. The average molecular weight is 593 g/mol. The fraction of sp³-hybridized carbons (Fsp3) is 0.605. The lowest BCUT2D eigenvalue weighted by Crippen LogP contribution is -2.66. The molecule has 6 saturated carbocycles. The Balaban J connectivity index is 1.10. The summed E-state index contributed by atoms with van der Waals surface area (Å²) in [5, 5.41) is 4.99. The number of rotatable bonds is 8. The molecule has 0 aliphatic heterocycles. The number of hydrogen-bond donors (Lipinski definition) is 2. The van der Waals surface area contributed by atoms with Crippen molar-refractivity contribution in [1.82, 2.24) is 20.2 Å². The quantitative estimate of drug-likeness (QED) is 0.286. The van der Waals surface area contributed by atoms with Crippen LogP contribution in [0.2, 0.25) is 0 Å². The Morgan fingerprint density at radius 1 is 0.977 bits per heavy atom. The van der Waals surface area contributed by atoms with E-state index in [9.17, 15) is 9.59 Å². The number of para-hydroxylation sites is 1. The van der Waals surface area contributed by atoms with E-state index in [2.05, 4.69) is 60.3 Å². The number of hydrogen-bond acceptors (Lipinski definition) is 3. The van der Waals surface area contributed by atoms with E-state index in [1.807, 2.05) is 23.2 Å². The Hall–Kier alpha value is -3.15. The third-order valence-electron chi connectivity index (χ3n) is 12.9. The normalized spacial score (nSPS) is 32.6. The third-order valence-corrected chi connectivity index (χ3v) is 12.9. The van der Waals surface area contributed by atoms with E-state index < -0.39 is 5.54 Å². The van der Waals surface area contributed by atoms with Crippen LogP contribution in [0, 0.1) is 36.0 Å². The van der Waals surface area contributed by atoms with Crippen LogP contribution >= 0.6 is 0 Å². The topological polar surface area (TPSA) is 78.1 Å². The molecule has 2 aromatic heterocycles. The summed E-state index contributed by atoms with van der Waals surface area (Å²) in [5.74, 6) is 3.06. The molecular formula is C38H48N4O2. The first-order valence-corrected chi connectivity index (χ1v) is 17.3. The van der Waals surface area contributed by atoms with Gasteiger partial charge >= 0.3 is 0 Å². The maximum absolute atomic E-state index is 14.7. The predicted octanol–water partition coefficient (Wildman–Crippen LogP) is 7.43. The molecule has 6 aliphatic carbocycles. The lowest BCUT2D eigenvalue weighted by Gasteiger charge is -2.57. The number of fused-ring (bicyclic) bond motifs is 1. The molecule has 6 heteroatoms. The summed E-state index contributed by atoms with van der Waals surface area (Å²) in [6, 6.07) is 12.5. The number of aromatic nitrogens is 2. The Morgan fingerprint density at radius 2 is 1.66 bits per heavy atom. The van der Waals surface area contributed by atoms with Gasteiger partial charge < -0.3 is 15.2 Å². The van der Waals surface area contributed by atoms with E-state index in [4.69, 9.17) is 0 Å². The molecule has 6 aliphatic rings. The minimum Gasteiger partial charge on any atom is -0.358 e.